The highest BCUT2D eigenvalue weighted by atomic mass is 16.5. The number of nitrogens with one attached hydrogen (secondary N) is 1. The summed E-state index contributed by atoms with van der Waals surface area (Å²) in [7, 11) is 1.53. The fraction of sp³-hybridized carbons (Fsp3) is 0.211. The maximum Gasteiger partial charge on any atom is 0.256 e. The molecule has 7 heteroatoms. The molecule has 0 saturated heterocycles. The number of rotatable bonds is 6. The largest absolute Gasteiger partial charge is 0.493 e. The third-order valence-electron chi connectivity index (χ3n) is 3.89. The molecule has 0 spiro atoms. The molecular formula is C19H19N3O4. The van der Waals surface area contributed by atoms with Gasteiger partial charge in [-0.2, -0.15) is 0 Å². The lowest BCUT2D eigenvalue weighted by molar-refractivity contribution is 0.102. The molecule has 0 aliphatic rings. The molecule has 0 aliphatic carbocycles. The van der Waals surface area contributed by atoms with E-state index in [1.807, 2.05) is 13.8 Å². The van der Waals surface area contributed by atoms with E-state index in [-0.39, 0.29) is 5.91 Å². The minimum absolute atomic E-state index is 0.278. The van der Waals surface area contributed by atoms with Gasteiger partial charge >= 0.3 is 0 Å². The third-order valence-corrected chi connectivity index (χ3v) is 3.89. The Morgan fingerprint density at radius 1 is 1.19 bits per heavy atom. The standard InChI is InChI=1S/C19H19N3O4/c1-12-15(13(2)26-22-12)11-25-16-8-7-14(10-17(16)24-3)19(23)21-18-6-4-5-9-20-18/h4-10H,11H2,1-3H3,(H,20,21,23). The Morgan fingerprint density at radius 2 is 2.04 bits per heavy atom. The molecule has 0 saturated carbocycles. The molecule has 0 radical (unpaired) electrons. The highest BCUT2D eigenvalue weighted by Gasteiger charge is 2.14. The number of aromatic nitrogens is 2. The van der Waals surface area contributed by atoms with Crippen molar-refractivity contribution in [1.82, 2.24) is 10.1 Å². The number of hydrogen-bond acceptors (Lipinski definition) is 6. The van der Waals surface area contributed by atoms with Gasteiger partial charge in [0, 0.05) is 11.8 Å². The van der Waals surface area contributed by atoms with E-state index in [9.17, 15) is 4.79 Å². The van der Waals surface area contributed by atoms with E-state index < -0.39 is 0 Å². The third kappa shape index (κ3) is 3.83. The van der Waals surface area contributed by atoms with Crippen LogP contribution in [0.3, 0.4) is 0 Å². The number of methoxy groups -OCH3 is 1. The summed E-state index contributed by atoms with van der Waals surface area (Å²) in [6, 6.07) is 10.3. The Hall–Kier alpha value is -3.35. The van der Waals surface area contributed by atoms with Crippen LogP contribution in [0.2, 0.25) is 0 Å². The first kappa shape index (κ1) is 17.5. The van der Waals surface area contributed by atoms with Crippen molar-refractivity contribution in [3.8, 4) is 11.5 Å². The fourth-order valence-corrected chi connectivity index (χ4v) is 2.41. The van der Waals surface area contributed by atoms with Crippen LogP contribution < -0.4 is 14.8 Å². The number of aryl methyl sites for hydroxylation is 2. The number of hydrogen-bond donors (Lipinski definition) is 1. The Labute approximate surface area is 150 Å². The number of carbonyl (C=O) groups excluding carboxylic acids is 1. The van der Waals surface area contributed by atoms with Crippen LogP contribution in [0.5, 0.6) is 11.5 Å². The zero-order chi connectivity index (χ0) is 18.5. The maximum atomic E-state index is 12.4. The summed E-state index contributed by atoms with van der Waals surface area (Å²) in [5.74, 6) is 1.91. The highest BCUT2D eigenvalue weighted by molar-refractivity contribution is 6.04. The van der Waals surface area contributed by atoms with Crippen LogP contribution >= 0.6 is 0 Å². The van der Waals surface area contributed by atoms with Crippen molar-refractivity contribution in [1.29, 1.82) is 0 Å². The van der Waals surface area contributed by atoms with Gasteiger partial charge in [-0.3, -0.25) is 4.79 Å². The first-order chi connectivity index (χ1) is 12.6. The van der Waals surface area contributed by atoms with Gasteiger partial charge in [-0.15, -0.1) is 0 Å². The molecule has 134 valence electrons. The molecule has 0 aliphatic heterocycles. The fourth-order valence-electron chi connectivity index (χ4n) is 2.41. The van der Waals surface area contributed by atoms with Gasteiger partial charge in [-0.25, -0.2) is 4.98 Å². The monoisotopic (exact) mass is 353 g/mol. The Bertz CT molecular complexity index is 887. The topological polar surface area (TPSA) is 86.5 Å². The molecule has 26 heavy (non-hydrogen) atoms. The number of nitrogens with zero attached hydrogens (tertiary/aromatic N) is 2. The quantitative estimate of drug-likeness (QED) is 0.729. The first-order valence-corrected chi connectivity index (χ1v) is 8.03. The van der Waals surface area contributed by atoms with Crippen molar-refractivity contribution in [3.63, 3.8) is 0 Å². The van der Waals surface area contributed by atoms with Crippen LogP contribution in [-0.2, 0) is 6.61 Å². The molecule has 0 unspecified atom stereocenters. The molecule has 1 N–H and O–H groups in total. The van der Waals surface area contributed by atoms with Gasteiger partial charge in [0.15, 0.2) is 11.5 Å². The van der Waals surface area contributed by atoms with Crippen LogP contribution in [0.1, 0.15) is 27.4 Å². The number of benzene rings is 1. The lowest BCUT2D eigenvalue weighted by atomic mass is 10.2. The summed E-state index contributed by atoms with van der Waals surface area (Å²) in [5, 5.41) is 6.63. The van der Waals surface area contributed by atoms with E-state index in [1.54, 1.807) is 42.6 Å². The normalized spacial score (nSPS) is 10.4. The average Bonchev–Trinajstić information content (AvgIpc) is 2.98. The second-order valence-electron chi connectivity index (χ2n) is 5.63. The number of pyridine rings is 1. The zero-order valence-corrected chi connectivity index (χ0v) is 14.8. The van der Waals surface area contributed by atoms with Gasteiger partial charge < -0.3 is 19.3 Å². The number of anilines is 1. The smallest absolute Gasteiger partial charge is 0.256 e. The van der Waals surface area contributed by atoms with Gasteiger partial charge in [0.05, 0.1) is 18.4 Å². The van der Waals surface area contributed by atoms with Gasteiger partial charge in [0.2, 0.25) is 0 Å². The predicted octanol–water partition coefficient (Wildman–Crippen LogP) is 3.53. The number of amides is 1. The van der Waals surface area contributed by atoms with Crippen LogP contribution in [-0.4, -0.2) is 23.2 Å². The lowest BCUT2D eigenvalue weighted by Gasteiger charge is -2.12. The van der Waals surface area contributed by atoms with Crippen LogP contribution in [0, 0.1) is 13.8 Å². The van der Waals surface area contributed by atoms with Gasteiger partial charge in [-0.05, 0) is 44.2 Å². The minimum atomic E-state index is -0.278. The van der Waals surface area contributed by atoms with Gasteiger partial charge in [0.1, 0.15) is 18.2 Å². The van der Waals surface area contributed by atoms with Crippen molar-refractivity contribution in [2.75, 3.05) is 12.4 Å². The summed E-state index contributed by atoms with van der Waals surface area (Å²) >= 11 is 0. The second kappa shape index (κ2) is 7.69. The molecular weight excluding hydrogens is 334 g/mol. The van der Waals surface area contributed by atoms with Crippen molar-refractivity contribution < 1.29 is 18.8 Å². The summed E-state index contributed by atoms with van der Waals surface area (Å²) in [6.45, 7) is 4.00. The zero-order valence-electron chi connectivity index (χ0n) is 14.8. The Balaban J connectivity index is 1.74. The van der Waals surface area contributed by atoms with Crippen molar-refractivity contribution in [3.05, 3.63) is 65.2 Å². The molecule has 2 heterocycles. The molecule has 3 rings (SSSR count). The highest BCUT2D eigenvalue weighted by Crippen LogP contribution is 2.29. The summed E-state index contributed by atoms with van der Waals surface area (Å²) < 4.78 is 16.3. The van der Waals surface area contributed by atoms with E-state index >= 15 is 0 Å². The van der Waals surface area contributed by atoms with E-state index in [2.05, 4.69) is 15.5 Å². The minimum Gasteiger partial charge on any atom is -0.493 e. The van der Waals surface area contributed by atoms with E-state index in [0.29, 0.717) is 35.2 Å². The summed E-state index contributed by atoms with van der Waals surface area (Å²) in [5.41, 5.74) is 2.12. The summed E-state index contributed by atoms with van der Waals surface area (Å²) in [4.78, 5) is 16.4. The van der Waals surface area contributed by atoms with Crippen LogP contribution in [0.15, 0.2) is 47.1 Å². The Kier molecular flexibility index (Phi) is 5.17. The van der Waals surface area contributed by atoms with Gasteiger partial charge in [-0.1, -0.05) is 11.2 Å². The van der Waals surface area contributed by atoms with Crippen molar-refractivity contribution >= 4 is 11.7 Å². The molecule has 3 aromatic rings. The molecule has 1 amide bonds. The van der Waals surface area contributed by atoms with Crippen molar-refractivity contribution in [2.45, 2.75) is 20.5 Å². The molecule has 0 atom stereocenters. The molecule has 0 bridgehead atoms. The average molecular weight is 353 g/mol. The molecule has 1 aromatic carbocycles. The maximum absolute atomic E-state index is 12.4. The number of ether oxygens (including phenoxy) is 2. The van der Waals surface area contributed by atoms with E-state index in [1.165, 1.54) is 7.11 Å². The Morgan fingerprint density at radius 3 is 2.69 bits per heavy atom. The predicted molar refractivity (Wildman–Crippen MR) is 95.5 cm³/mol. The summed E-state index contributed by atoms with van der Waals surface area (Å²) in [6.07, 6.45) is 1.61. The molecule has 7 nitrogen and oxygen atoms in total. The van der Waals surface area contributed by atoms with Crippen LogP contribution in [0.4, 0.5) is 5.82 Å². The van der Waals surface area contributed by atoms with Crippen LogP contribution in [0.25, 0.3) is 0 Å². The van der Waals surface area contributed by atoms with E-state index in [0.717, 1.165) is 11.3 Å². The van der Waals surface area contributed by atoms with Gasteiger partial charge in [0.25, 0.3) is 5.91 Å². The molecule has 2 aromatic heterocycles. The number of carbonyl (C=O) groups is 1. The second-order valence-corrected chi connectivity index (χ2v) is 5.63. The SMILES string of the molecule is COc1cc(C(=O)Nc2ccccn2)ccc1OCc1c(C)noc1C. The van der Waals surface area contributed by atoms with Crippen molar-refractivity contribution in [2.24, 2.45) is 0 Å². The first-order valence-electron chi connectivity index (χ1n) is 8.03. The molecule has 0 fully saturated rings. The van der Waals surface area contributed by atoms with E-state index in [4.69, 9.17) is 14.0 Å². The lowest BCUT2D eigenvalue weighted by Crippen LogP contribution is -2.13.